The topological polar surface area (TPSA) is 79.4 Å². The Balaban J connectivity index is 1.67. The molecule has 138 valence electrons. The van der Waals surface area contributed by atoms with Crippen LogP contribution in [0.3, 0.4) is 0 Å². The first-order chi connectivity index (χ1) is 12.4. The standard InChI is InChI=1S/C18H21N3O3S2/c1-13(2)26(23,24)21-11-10-15-16(12-21)25-18(19-15)20-17(22)9-8-14-6-4-3-5-7-14/h3-9,13H,10-12H2,1-2H3,(H,19,20,22)/b9-8+. The second-order valence-corrected chi connectivity index (χ2v) is 9.87. The zero-order chi connectivity index (χ0) is 18.7. The van der Waals surface area contributed by atoms with Gasteiger partial charge < -0.3 is 0 Å². The molecule has 0 fully saturated rings. The molecule has 2 aromatic rings. The molecule has 0 bridgehead atoms. The molecule has 0 atom stereocenters. The highest BCUT2D eigenvalue weighted by atomic mass is 32.2. The number of benzene rings is 1. The lowest BCUT2D eigenvalue weighted by molar-refractivity contribution is -0.111. The Morgan fingerprint density at radius 3 is 2.73 bits per heavy atom. The average Bonchev–Trinajstić information content (AvgIpc) is 3.02. The van der Waals surface area contributed by atoms with Crippen molar-refractivity contribution in [2.24, 2.45) is 0 Å². The summed E-state index contributed by atoms with van der Waals surface area (Å²) in [5, 5.41) is 2.82. The normalized spacial score (nSPS) is 15.3. The molecule has 26 heavy (non-hydrogen) atoms. The third-order valence-corrected chi connectivity index (χ3v) is 7.33. The predicted molar refractivity (Wildman–Crippen MR) is 104 cm³/mol. The monoisotopic (exact) mass is 391 g/mol. The maximum atomic E-state index is 12.3. The smallest absolute Gasteiger partial charge is 0.250 e. The highest BCUT2D eigenvalue weighted by Crippen LogP contribution is 2.30. The molecule has 1 N–H and O–H groups in total. The number of hydrogen-bond donors (Lipinski definition) is 1. The molecule has 0 unspecified atom stereocenters. The second kappa shape index (κ2) is 7.69. The molecule has 1 amide bonds. The number of nitrogens with one attached hydrogen (secondary N) is 1. The summed E-state index contributed by atoms with van der Waals surface area (Å²) in [7, 11) is -3.28. The fourth-order valence-corrected chi connectivity index (χ4v) is 4.98. The van der Waals surface area contributed by atoms with E-state index < -0.39 is 15.3 Å². The van der Waals surface area contributed by atoms with E-state index in [0.717, 1.165) is 16.1 Å². The Kier molecular flexibility index (Phi) is 5.55. The number of aromatic nitrogens is 1. The van der Waals surface area contributed by atoms with Crippen LogP contribution < -0.4 is 5.32 Å². The van der Waals surface area contributed by atoms with Crippen molar-refractivity contribution in [3.63, 3.8) is 0 Å². The molecule has 3 rings (SSSR count). The van der Waals surface area contributed by atoms with Gasteiger partial charge in [0.25, 0.3) is 0 Å². The van der Waals surface area contributed by atoms with Crippen LogP contribution in [-0.2, 0) is 27.8 Å². The van der Waals surface area contributed by atoms with Gasteiger partial charge in [0.15, 0.2) is 5.13 Å². The van der Waals surface area contributed by atoms with E-state index >= 15 is 0 Å². The predicted octanol–water partition coefficient (Wildman–Crippen LogP) is 2.89. The number of thiazole rings is 1. The van der Waals surface area contributed by atoms with Gasteiger partial charge in [0.05, 0.1) is 10.9 Å². The number of rotatable bonds is 5. The first-order valence-corrected chi connectivity index (χ1v) is 10.7. The van der Waals surface area contributed by atoms with Gasteiger partial charge in [0.1, 0.15) is 0 Å². The summed E-state index contributed by atoms with van der Waals surface area (Å²) in [5.41, 5.74) is 1.81. The van der Waals surface area contributed by atoms with Crippen LogP contribution in [0.1, 0.15) is 30.0 Å². The molecule has 1 aromatic carbocycles. The molecule has 1 aliphatic rings. The quantitative estimate of drug-likeness (QED) is 0.795. The number of fused-ring (bicyclic) bond motifs is 1. The Morgan fingerprint density at radius 1 is 1.31 bits per heavy atom. The lowest BCUT2D eigenvalue weighted by Crippen LogP contribution is -2.39. The molecule has 0 radical (unpaired) electrons. The van der Waals surface area contributed by atoms with E-state index in [1.165, 1.54) is 21.7 Å². The number of sulfonamides is 1. The minimum absolute atomic E-state index is 0.258. The molecule has 1 aliphatic heterocycles. The van der Waals surface area contributed by atoms with E-state index in [2.05, 4.69) is 10.3 Å². The number of amides is 1. The van der Waals surface area contributed by atoms with Gasteiger partial charge in [0, 0.05) is 30.5 Å². The minimum Gasteiger partial charge on any atom is -0.298 e. The molecular formula is C18H21N3O3S2. The van der Waals surface area contributed by atoms with Crippen LogP contribution in [0.4, 0.5) is 5.13 Å². The second-order valence-electron chi connectivity index (χ2n) is 6.30. The van der Waals surface area contributed by atoms with Crippen molar-refractivity contribution in [1.82, 2.24) is 9.29 Å². The number of anilines is 1. The van der Waals surface area contributed by atoms with Crippen LogP contribution in [0.5, 0.6) is 0 Å². The van der Waals surface area contributed by atoms with Crippen molar-refractivity contribution in [2.45, 2.75) is 32.1 Å². The van der Waals surface area contributed by atoms with Gasteiger partial charge in [-0.1, -0.05) is 30.3 Å². The van der Waals surface area contributed by atoms with Gasteiger partial charge in [-0.05, 0) is 25.5 Å². The Bertz CT molecular complexity index is 918. The fraction of sp³-hybridized carbons (Fsp3) is 0.333. The maximum Gasteiger partial charge on any atom is 0.250 e. The largest absolute Gasteiger partial charge is 0.298 e. The molecule has 8 heteroatoms. The van der Waals surface area contributed by atoms with Crippen LogP contribution in [0.25, 0.3) is 6.08 Å². The van der Waals surface area contributed by atoms with Crippen molar-refractivity contribution >= 4 is 38.5 Å². The maximum absolute atomic E-state index is 12.3. The molecule has 0 aliphatic carbocycles. The van der Waals surface area contributed by atoms with E-state index in [1.807, 2.05) is 30.3 Å². The zero-order valence-corrected chi connectivity index (χ0v) is 16.3. The van der Waals surface area contributed by atoms with E-state index in [-0.39, 0.29) is 5.91 Å². The summed E-state index contributed by atoms with van der Waals surface area (Å²) in [6.45, 7) is 4.12. The third-order valence-electron chi connectivity index (χ3n) is 4.11. The average molecular weight is 392 g/mol. The van der Waals surface area contributed by atoms with Gasteiger partial charge in [-0.2, -0.15) is 4.31 Å². The van der Waals surface area contributed by atoms with Crippen molar-refractivity contribution in [3.05, 3.63) is 52.5 Å². The lowest BCUT2D eigenvalue weighted by Gasteiger charge is -2.26. The summed E-state index contributed by atoms with van der Waals surface area (Å²) < 4.78 is 26.2. The first-order valence-electron chi connectivity index (χ1n) is 8.38. The molecular weight excluding hydrogens is 370 g/mol. The first kappa shape index (κ1) is 18.8. The van der Waals surface area contributed by atoms with Gasteiger partial charge in [0.2, 0.25) is 15.9 Å². The van der Waals surface area contributed by atoms with Crippen molar-refractivity contribution in [1.29, 1.82) is 0 Å². The molecule has 1 aromatic heterocycles. The van der Waals surface area contributed by atoms with Gasteiger partial charge >= 0.3 is 0 Å². The molecule has 0 saturated carbocycles. The summed E-state index contributed by atoms with van der Waals surface area (Å²) >= 11 is 1.33. The Morgan fingerprint density at radius 2 is 2.04 bits per heavy atom. The molecule has 2 heterocycles. The molecule has 0 spiro atoms. The van der Waals surface area contributed by atoms with E-state index in [9.17, 15) is 13.2 Å². The molecule has 0 saturated heterocycles. The van der Waals surface area contributed by atoms with Crippen molar-refractivity contribution < 1.29 is 13.2 Å². The number of carbonyl (C=O) groups is 1. The van der Waals surface area contributed by atoms with Crippen LogP contribution in [0.2, 0.25) is 0 Å². The number of hydrogen-bond acceptors (Lipinski definition) is 5. The number of nitrogens with zero attached hydrogens (tertiary/aromatic N) is 2. The van der Waals surface area contributed by atoms with E-state index in [1.54, 1.807) is 19.9 Å². The highest BCUT2D eigenvalue weighted by molar-refractivity contribution is 7.89. The third kappa shape index (κ3) is 4.20. The van der Waals surface area contributed by atoms with Crippen LogP contribution in [-0.4, -0.2) is 35.4 Å². The summed E-state index contributed by atoms with van der Waals surface area (Å²) in [4.78, 5) is 17.4. The van der Waals surface area contributed by atoms with Gasteiger partial charge in [-0.3, -0.25) is 10.1 Å². The van der Waals surface area contributed by atoms with Gasteiger partial charge in [-0.25, -0.2) is 13.4 Å². The lowest BCUT2D eigenvalue weighted by atomic mass is 10.2. The SMILES string of the molecule is CC(C)S(=O)(=O)N1CCc2nc(NC(=O)/C=C/c3ccccc3)sc2C1. The van der Waals surface area contributed by atoms with E-state index in [0.29, 0.717) is 24.6 Å². The Labute approximate surface area is 157 Å². The number of carbonyl (C=O) groups excluding carboxylic acids is 1. The summed E-state index contributed by atoms with van der Waals surface area (Å²) in [6.07, 6.45) is 3.76. The van der Waals surface area contributed by atoms with Crippen molar-refractivity contribution in [2.75, 3.05) is 11.9 Å². The van der Waals surface area contributed by atoms with E-state index in [4.69, 9.17) is 0 Å². The van der Waals surface area contributed by atoms with Gasteiger partial charge in [-0.15, -0.1) is 11.3 Å². The Hall–Kier alpha value is -2.03. The van der Waals surface area contributed by atoms with Crippen LogP contribution in [0.15, 0.2) is 36.4 Å². The summed E-state index contributed by atoms with van der Waals surface area (Å²) in [5.74, 6) is -0.258. The van der Waals surface area contributed by atoms with Crippen LogP contribution >= 0.6 is 11.3 Å². The zero-order valence-electron chi connectivity index (χ0n) is 14.7. The van der Waals surface area contributed by atoms with Crippen molar-refractivity contribution in [3.8, 4) is 0 Å². The highest BCUT2D eigenvalue weighted by Gasteiger charge is 2.31. The molecule has 6 nitrogen and oxygen atoms in total. The van der Waals surface area contributed by atoms with Crippen LogP contribution in [0, 0.1) is 0 Å². The minimum atomic E-state index is -3.28. The fourth-order valence-electron chi connectivity index (χ4n) is 2.62. The summed E-state index contributed by atoms with van der Waals surface area (Å²) in [6, 6.07) is 9.55.